The molecule has 0 spiro atoms. The van der Waals surface area contributed by atoms with Crippen LogP contribution in [0.15, 0.2) is 55.0 Å². The molecule has 13 heteroatoms. The van der Waals surface area contributed by atoms with Crippen molar-refractivity contribution in [3.05, 3.63) is 71.7 Å². The number of piperazine rings is 1. The third-order valence-electron chi connectivity index (χ3n) is 6.60. The van der Waals surface area contributed by atoms with E-state index < -0.39 is 29.8 Å². The van der Waals surface area contributed by atoms with E-state index in [2.05, 4.69) is 15.0 Å². The minimum absolute atomic E-state index is 0.00688. The second-order valence-corrected chi connectivity index (χ2v) is 9.39. The van der Waals surface area contributed by atoms with E-state index in [0.29, 0.717) is 16.8 Å². The number of benzene rings is 2. The Labute approximate surface area is 229 Å². The van der Waals surface area contributed by atoms with Crippen LogP contribution in [0.4, 0.5) is 27.8 Å². The van der Waals surface area contributed by atoms with E-state index in [9.17, 15) is 27.6 Å². The van der Waals surface area contributed by atoms with E-state index in [-0.39, 0.29) is 65.1 Å². The molecule has 7 nitrogen and oxygen atoms in total. The molecular formula is C27H18ClF5N6O. The average molecular weight is 573 g/mol. The van der Waals surface area contributed by atoms with Crippen molar-refractivity contribution < 1.29 is 26.7 Å². The molecule has 1 atom stereocenters. The second-order valence-electron chi connectivity index (χ2n) is 9.01. The van der Waals surface area contributed by atoms with E-state index in [4.69, 9.17) is 11.6 Å². The van der Waals surface area contributed by atoms with Crippen LogP contribution >= 0.6 is 11.6 Å². The summed E-state index contributed by atoms with van der Waals surface area (Å²) in [5.41, 5.74) is 0.113. The minimum Gasteiger partial charge on any atom is -0.352 e. The second kappa shape index (κ2) is 10.7. The topological polar surface area (TPSA) is 86.0 Å². The highest BCUT2D eigenvalue weighted by Crippen LogP contribution is 2.37. The van der Waals surface area contributed by atoms with Gasteiger partial charge in [-0.3, -0.25) is 9.78 Å². The van der Waals surface area contributed by atoms with Gasteiger partial charge in [0.2, 0.25) is 5.91 Å². The van der Waals surface area contributed by atoms with Crippen LogP contribution in [0, 0.1) is 23.0 Å². The fourth-order valence-electron chi connectivity index (χ4n) is 4.80. The number of anilines is 1. The van der Waals surface area contributed by atoms with Gasteiger partial charge in [0, 0.05) is 48.9 Å². The Kier molecular flexibility index (Phi) is 7.25. The lowest BCUT2D eigenvalue weighted by molar-refractivity contribution is -0.129. The Morgan fingerprint density at radius 2 is 1.95 bits per heavy atom. The summed E-state index contributed by atoms with van der Waals surface area (Å²) in [6.45, 7) is 0.223. The minimum atomic E-state index is -4.65. The molecule has 0 aliphatic carbocycles. The van der Waals surface area contributed by atoms with Crippen molar-refractivity contribution in [2.45, 2.75) is 18.6 Å². The van der Waals surface area contributed by atoms with Gasteiger partial charge in [-0.2, -0.15) is 18.4 Å². The lowest BCUT2D eigenvalue weighted by Crippen LogP contribution is -2.55. The van der Waals surface area contributed by atoms with Crippen molar-refractivity contribution in [3.8, 4) is 17.3 Å². The number of allylic oxidation sites excluding steroid dienone is 1. The van der Waals surface area contributed by atoms with Crippen molar-refractivity contribution in [2.75, 3.05) is 24.5 Å². The lowest BCUT2D eigenvalue weighted by Gasteiger charge is -2.41. The Bertz CT molecular complexity index is 1700. The van der Waals surface area contributed by atoms with Crippen LogP contribution in [0.5, 0.6) is 0 Å². The van der Waals surface area contributed by atoms with Gasteiger partial charge in [0.05, 0.1) is 28.9 Å². The van der Waals surface area contributed by atoms with Crippen molar-refractivity contribution in [3.63, 3.8) is 0 Å². The molecule has 1 amide bonds. The largest absolute Gasteiger partial charge is 0.409 e. The van der Waals surface area contributed by atoms with Crippen LogP contribution in [0.3, 0.4) is 0 Å². The molecule has 1 saturated heterocycles. The molecule has 5 rings (SSSR count). The molecular weight excluding hydrogens is 555 g/mol. The summed E-state index contributed by atoms with van der Waals surface area (Å²) < 4.78 is 67.8. The SMILES string of the molecule is N#CC[C@H]1CN(c2ncnc3c(F)c(-c4cccc5ccc(F)c(Cl)c45)ncc23)CCN1C(=O)/C=C/C(F)(F)F. The number of nitrogens with zero attached hydrogens (tertiary/aromatic N) is 6. The monoisotopic (exact) mass is 572 g/mol. The molecule has 1 aliphatic rings. The third kappa shape index (κ3) is 5.12. The summed E-state index contributed by atoms with van der Waals surface area (Å²) in [6, 6.07) is 8.92. The van der Waals surface area contributed by atoms with Crippen LogP contribution < -0.4 is 4.90 Å². The number of rotatable bonds is 4. The first-order valence-electron chi connectivity index (χ1n) is 11.9. The fraction of sp³-hybridized carbons (Fsp3) is 0.222. The highest BCUT2D eigenvalue weighted by atomic mass is 35.5. The maximum absolute atomic E-state index is 15.9. The number of halogens is 6. The van der Waals surface area contributed by atoms with Crippen LogP contribution in [-0.4, -0.2) is 57.6 Å². The Hall–Kier alpha value is -4.37. The van der Waals surface area contributed by atoms with Crippen LogP contribution in [0.1, 0.15) is 6.42 Å². The van der Waals surface area contributed by atoms with Gasteiger partial charge in [-0.15, -0.1) is 0 Å². The first-order chi connectivity index (χ1) is 19.1. The van der Waals surface area contributed by atoms with E-state index in [0.717, 1.165) is 6.33 Å². The smallest absolute Gasteiger partial charge is 0.352 e. The predicted molar refractivity (Wildman–Crippen MR) is 138 cm³/mol. The van der Waals surface area contributed by atoms with Gasteiger partial charge < -0.3 is 9.80 Å². The fourth-order valence-corrected chi connectivity index (χ4v) is 5.08. The zero-order valence-corrected chi connectivity index (χ0v) is 21.2. The van der Waals surface area contributed by atoms with Gasteiger partial charge in [-0.25, -0.2) is 18.7 Å². The van der Waals surface area contributed by atoms with Crippen molar-refractivity contribution in [1.82, 2.24) is 19.9 Å². The maximum Gasteiger partial charge on any atom is 0.409 e. The summed E-state index contributed by atoms with van der Waals surface area (Å²) in [7, 11) is 0. The van der Waals surface area contributed by atoms with E-state index >= 15 is 4.39 Å². The molecule has 1 fully saturated rings. The first kappa shape index (κ1) is 27.2. The number of amides is 1. The summed E-state index contributed by atoms with van der Waals surface area (Å²) in [5.74, 6) is -2.03. The van der Waals surface area contributed by atoms with Crippen LogP contribution in [-0.2, 0) is 4.79 Å². The first-order valence-corrected chi connectivity index (χ1v) is 12.3. The summed E-state index contributed by atoms with van der Waals surface area (Å²) in [5, 5.41) is 10.2. The molecule has 2 aromatic heterocycles. The molecule has 40 heavy (non-hydrogen) atoms. The highest BCUT2D eigenvalue weighted by Gasteiger charge is 2.32. The van der Waals surface area contributed by atoms with E-state index in [1.807, 2.05) is 6.07 Å². The molecule has 0 bridgehead atoms. The normalized spacial score (nSPS) is 16.2. The number of aromatic nitrogens is 3. The molecule has 4 aromatic rings. The molecule has 0 saturated carbocycles. The number of hydrogen-bond acceptors (Lipinski definition) is 6. The molecule has 0 unspecified atom stereocenters. The van der Waals surface area contributed by atoms with Gasteiger partial charge in [0.1, 0.15) is 29.2 Å². The molecule has 2 aromatic carbocycles. The van der Waals surface area contributed by atoms with Gasteiger partial charge >= 0.3 is 6.18 Å². The maximum atomic E-state index is 15.9. The van der Waals surface area contributed by atoms with Gasteiger partial charge in [0.25, 0.3) is 0 Å². The quantitative estimate of drug-likeness (QED) is 0.226. The van der Waals surface area contributed by atoms with Gasteiger partial charge in [0.15, 0.2) is 5.82 Å². The average Bonchev–Trinajstić information content (AvgIpc) is 2.93. The number of fused-ring (bicyclic) bond motifs is 2. The number of carbonyl (C=O) groups excluding carboxylic acids is 1. The van der Waals surface area contributed by atoms with Gasteiger partial charge in [-0.1, -0.05) is 35.9 Å². The van der Waals surface area contributed by atoms with Crippen LogP contribution in [0.25, 0.3) is 32.9 Å². The van der Waals surface area contributed by atoms with E-state index in [1.165, 1.54) is 23.2 Å². The lowest BCUT2D eigenvalue weighted by atomic mass is 10.0. The summed E-state index contributed by atoms with van der Waals surface area (Å²) in [6.07, 6.45) is -1.97. The standard InChI is InChI=1S/C27H18ClF5N6O/c28-22-19(29)5-4-15-2-1-3-17(21(15)22)24-23(30)25-18(12-35-24)26(37-14-36-25)38-10-11-39(16(13-38)7-9-34)20(40)6-8-27(31,32)33/h1-6,8,12,14,16H,7,10-11,13H2/b8-6+/t16-/m0/s1. The summed E-state index contributed by atoms with van der Waals surface area (Å²) in [4.78, 5) is 28.0. The third-order valence-corrected chi connectivity index (χ3v) is 6.97. The van der Waals surface area contributed by atoms with Gasteiger partial charge in [-0.05, 0) is 11.5 Å². The van der Waals surface area contributed by atoms with Crippen molar-refractivity contribution in [2.24, 2.45) is 0 Å². The molecule has 3 heterocycles. The molecule has 1 aliphatic heterocycles. The number of alkyl halides is 3. The highest BCUT2D eigenvalue weighted by molar-refractivity contribution is 6.36. The molecule has 0 radical (unpaired) electrons. The zero-order chi connectivity index (χ0) is 28.6. The van der Waals surface area contributed by atoms with Crippen molar-refractivity contribution in [1.29, 1.82) is 5.26 Å². The predicted octanol–water partition coefficient (Wildman–Crippen LogP) is 5.83. The number of hydrogen-bond donors (Lipinski definition) is 0. The van der Waals surface area contributed by atoms with E-state index in [1.54, 1.807) is 23.1 Å². The Balaban J connectivity index is 1.51. The number of nitriles is 1. The Morgan fingerprint density at radius 3 is 2.70 bits per heavy atom. The molecule has 204 valence electrons. The summed E-state index contributed by atoms with van der Waals surface area (Å²) >= 11 is 6.23. The number of carbonyl (C=O) groups is 1. The Morgan fingerprint density at radius 1 is 1.15 bits per heavy atom. The number of pyridine rings is 1. The molecule has 0 N–H and O–H groups in total. The zero-order valence-electron chi connectivity index (χ0n) is 20.5. The van der Waals surface area contributed by atoms with Crippen molar-refractivity contribution >= 4 is 45.0 Å². The van der Waals surface area contributed by atoms with Crippen LogP contribution in [0.2, 0.25) is 5.02 Å².